The van der Waals surface area contributed by atoms with E-state index in [0.29, 0.717) is 10.9 Å². The molecule has 2 aromatic heterocycles. The van der Waals surface area contributed by atoms with Crippen molar-refractivity contribution in [3.8, 4) is 5.75 Å². The van der Waals surface area contributed by atoms with Crippen LogP contribution >= 0.6 is 0 Å². The molecule has 2 fully saturated rings. The van der Waals surface area contributed by atoms with Crippen molar-refractivity contribution in [2.45, 2.75) is 56.8 Å². The van der Waals surface area contributed by atoms with Gasteiger partial charge in [-0.3, -0.25) is 9.78 Å². The molecule has 4 nitrogen and oxygen atoms in total. The van der Waals surface area contributed by atoms with Crippen molar-refractivity contribution in [1.82, 2.24) is 9.97 Å². The van der Waals surface area contributed by atoms with E-state index in [1.54, 1.807) is 30.6 Å². The molecule has 0 aliphatic heterocycles. The number of nitrogens with zero attached hydrogens (tertiary/aromatic N) is 1. The fourth-order valence-corrected chi connectivity index (χ4v) is 6.01. The molecule has 1 spiro atoms. The highest BCUT2D eigenvalue weighted by Crippen LogP contribution is 2.58. The average Bonchev–Trinajstić information content (AvgIpc) is 3.23. The lowest BCUT2D eigenvalue weighted by molar-refractivity contribution is 0.155. The van der Waals surface area contributed by atoms with Crippen LogP contribution in [0.3, 0.4) is 0 Å². The second kappa shape index (κ2) is 7.74. The third kappa shape index (κ3) is 3.42. The average molecular weight is 424 g/mol. The Morgan fingerprint density at radius 1 is 1.13 bits per heavy atom. The fourth-order valence-electron chi connectivity index (χ4n) is 6.01. The molecule has 2 aliphatic carbocycles. The molecule has 3 aromatic rings. The Morgan fingerprint density at radius 2 is 1.94 bits per heavy atom. The zero-order chi connectivity index (χ0) is 21.6. The van der Waals surface area contributed by atoms with Gasteiger partial charge < -0.3 is 9.72 Å². The molecular formula is C25H26F2N2O2. The number of hydrogen-bond donors (Lipinski definition) is 1. The van der Waals surface area contributed by atoms with Gasteiger partial charge in [-0.15, -0.1) is 0 Å². The lowest BCUT2D eigenvalue weighted by Crippen LogP contribution is -2.31. The van der Waals surface area contributed by atoms with E-state index in [9.17, 15) is 13.6 Å². The third-order valence-corrected chi connectivity index (χ3v) is 7.52. The summed E-state index contributed by atoms with van der Waals surface area (Å²) in [6.45, 7) is 0. The van der Waals surface area contributed by atoms with Crippen molar-refractivity contribution in [3.05, 3.63) is 69.8 Å². The van der Waals surface area contributed by atoms with Gasteiger partial charge in [-0.1, -0.05) is 18.9 Å². The first-order valence-corrected chi connectivity index (χ1v) is 11.0. The topological polar surface area (TPSA) is 55.0 Å². The summed E-state index contributed by atoms with van der Waals surface area (Å²) in [5.41, 5.74) is 2.43. The van der Waals surface area contributed by atoms with Crippen LogP contribution in [-0.4, -0.2) is 17.1 Å². The Morgan fingerprint density at radius 3 is 2.71 bits per heavy atom. The molecule has 0 radical (unpaired) electrons. The molecule has 0 amide bonds. The summed E-state index contributed by atoms with van der Waals surface area (Å²) in [4.78, 5) is 20.2. The van der Waals surface area contributed by atoms with Gasteiger partial charge in [-0.2, -0.15) is 4.39 Å². The molecule has 2 saturated carbocycles. The summed E-state index contributed by atoms with van der Waals surface area (Å²) in [5.74, 6) is -1.93. The molecule has 162 valence electrons. The summed E-state index contributed by atoms with van der Waals surface area (Å²) in [6.07, 6.45) is 10.8. The van der Waals surface area contributed by atoms with Crippen LogP contribution < -0.4 is 10.2 Å². The highest BCUT2D eigenvalue weighted by Gasteiger charge is 2.44. The maximum atomic E-state index is 14.6. The second-order valence-electron chi connectivity index (χ2n) is 9.16. The maximum absolute atomic E-state index is 14.6. The fraction of sp³-hybridized carbons (Fsp3) is 0.440. The smallest absolute Gasteiger partial charge is 0.200 e. The van der Waals surface area contributed by atoms with Gasteiger partial charge in [0, 0.05) is 35.6 Å². The molecular weight excluding hydrogens is 398 g/mol. The van der Waals surface area contributed by atoms with Crippen LogP contribution in [0, 0.1) is 17.0 Å². The number of nitrogens with one attached hydrogen (secondary N) is 1. The molecule has 2 atom stereocenters. The molecule has 0 bridgehead atoms. The number of halogens is 2. The second-order valence-corrected chi connectivity index (χ2v) is 9.16. The van der Waals surface area contributed by atoms with Gasteiger partial charge in [-0.05, 0) is 55.6 Å². The Bertz CT molecular complexity index is 1180. The highest BCUT2D eigenvalue weighted by molar-refractivity contribution is 5.77. The monoisotopic (exact) mass is 424 g/mol. The first-order chi connectivity index (χ1) is 15.0. The Hall–Kier alpha value is -2.76. The maximum Gasteiger partial charge on any atom is 0.200 e. The van der Waals surface area contributed by atoms with Gasteiger partial charge in [0.05, 0.1) is 18.0 Å². The van der Waals surface area contributed by atoms with E-state index in [1.165, 1.54) is 38.9 Å². The normalized spacial score (nSPS) is 22.8. The molecule has 5 rings (SSSR count). The van der Waals surface area contributed by atoms with Crippen molar-refractivity contribution in [1.29, 1.82) is 0 Å². The Balaban J connectivity index is 1.64. The SMILES string of the molecule is COc1c([C@@H]2CC3(CCCC3)CCC2c2cc(=O)c3cnccc3[nH]2)ccc(F)c1F. The number of aromatic nitrogens is 2. The van der Waals surface area contributed by atoms with Crippen molar-refractivity contribution in [2.75, 3.05) is 7.11 Å². The lowest BCUT2D eigenvalue weighted by Gasteiger charge is -2.43. The van der Waals surface area contributed by atoms with E-state index in [0.717, 1.165) is 30.5 Å². The largest absolute Gasteiger partial charge is 0.493 e. The predicted octanol–water partition coefficient (Wildman–Crippen LogP) is 5.82. The van der Waals surface area contributed by atoms with Crippen LogP contribution in [0.2, 0.25) is 0 Å². The van der Waals surface area contributed by atoms with Crippen LogP contribution in [-0.2, 0) is 0 Å². The van der Waals surface area contributed by atoms with Crippen LogP contribution in [0.4, 0.5) is 8.78 Å². The van der Waals surface area contributed by atoms with Crippen molar-refractivity contribution in [3.63, 3.8) is 0 Å². The zero-order valence-corrected chi connectivity index (χ0v) is 17.6. The highest BCUT2D eigenvalue weighted by atomic mass is 19.2. The summed E-state index contributed by atoms with van der Waals surface area (Å²) in [7, 11) is 1.38. The predicted molar refractivity (Wildman–Crippen MR) is 116 cm³/mol. The minimum absolute atomic E-state index is 0.00440. The Labute approximate surface area is 179 Å². The standard InChI is InChI=1S/C25H26F2N2O2/c1-31-24-16(4-5-19(26)23(24)27)17-13-25(8-2-3-9-25)10-6-15(17)21-12-22(30)18-14-28-11-7-20(18)29-21/h4-5,7,11-12,14-15,17H,2-3,6,8-10,13H2,1H3,(H,29,30)/t15?,17-/m1/s1. The quantitative estimate of drug-likeness (QED) is 0.576. The zero-order valence-electron chi connectivity index (χ0n) is 17.6. The minimum Gasteiger partial charge on any atom is -0.493 e. The number of ether oxygens (including phenoxy) is 1. The van der Waals surface area contributed by atoms with E-state index in [2.05, 4.69) is 9.97 Å². The Kier molecular flexibility index (Phi) is 5.03. The summed E-state index contributed by atoms with van der Waals surface area (Å²) in [5, 5.41) is 0.552. The molecule has 1 unspecified atom stereocenters. The molecule has 2 heterocycles. The molecule has 31 heavy (non-hydrogen) atoms. The summed E-state index contributed by atoms with van der Waals surface area (Å²) >= 11 is 0. The van der Waals surface area contributed by atoms with Crippen molar-refractivity contribution >= 4 is 10.9 Å². The summed E-state index contributed by atoms with van der Waals surface area (Å²) < 4.78 is 33.9. The summed E-state index contributed by atoms with van der Waals surface area (Å²) in [6, 6.07) is 6.30. The molecule has 1 aromatic carbocycles. The minimum atomic E-state index is -0.942. The number of aromatic amines is 1. The van der Waals surface area contributed by atoms with E-state index >= 15 is 0 Å². The van der Waals surface area contributed by atoms with Crippen molar-refractivity contribution in [2.24, 2.45) is 5.41 Å². The number of methoxy groups -OCH3 is 1. The third-order valence-electron chi connectivity index (χ3n) is 7.52. The van der Waals surface area contributed by atoms with Crippen LogP contribution in [0.25, 0.3) is 10.9 Å². The lowest BCUT2D eigenvalue weighted by atomic mass is 9.61. The number of rotatable bonds is 3. The molecule has 1 N–H and O–H groups in total. The van der Waals surface area contributed by atoms with Gasteiger partial charge in [0.15, 0.2) is 17.0 Å². The van der Waals surface area contributed by atoms with Crippen LogP contribution in [0.1, 0.15) is 68.0 Å². The molecule has 6 heteroatoms. The van der Waals surface area contributed by atoms with Gasteiger partial charge in [-0.25, -0.2) is 4.39 Å². The first-order valence-electron chi connectivity index (χ1n) is 11.0. The van der Waals surface area contributed by atoms with Gasteiger partial charge >= 0.3 is 0 Å². The van der Waals surface area contributed by atoms with Crippen LogP contribution in [0.5, 0.6) is 5.75 Å². The van der Waals surface area contributed by atoms with Gasteiger partial charge in [0.1, 0.15) is 0 Å². The number of hydrogen-bond acceptors (Lipinski definition) is 3. The van der Waals surface area contributed by atoms with Gasteiger partial charge in [0.25, 0.3) is 0 Å². The van der Waals surface area contributed by atoms with E-state index < -0.39 is 11.6 Å². The number of fused-ring (bicyclic) bond motifs is 1. The van der Waals surface area contributed by atoms with Crippen molar-refractivity contribution < 1.29 is 13.5 Å². The van der Waals surface area contributed by atoms with E-state index in [1.807, 2.05) is 0 Å². The molecule has 2 aliphatic rings. The van der Waals surface area contributed by atoms with E-state index in [4.69, 9.17) is 4.74 Å². The first kappa shape index (κ1) is 20.2. The number of benzene rings is 1. The van der Waals surface area contributed by atoms with Crippen LogP contribution in [0.15, 0.2) is 41.5 Å². The number of pyridine rings is 2. The molecule has 0 saturated heterocycles. The van der Waals surface area contributed by atoms with E-state index in [-0.39, 0.29) is 28.4 Å². The number of H-pyrrole nitrogens is 1. The van der Waals surface area contributed by atoms with Gasteiger partial charge in [0.2, 0.25) is 5.82 Å².